The van der Waals surface area contributed by atoms with E-state index in [2.05, 4.69) is 15.6 Å². The van der Waals surface area contributed by atoms with Gasteiger partial charge >= 0.3 is 0 Å². The average molecular weight is 414 g/mol. The molecule has 1 aromatic heterocycles. The van der Waals surface area contributed by atoms with E-state index >= 15 is 0 Å². The van der Waals surface area contributed by atoms with Gasteiger partial charge in [0.15, 0.2) is 5.13 Å². The Kier molecular flexibility index (Phi) is 6.44. The Morgan fingerprint density at radius 2 is 1.71 bits per heavy atom. The summed E-state index contributed by atoms with van der Waals surface area (Å²) >= 11 is 7.43. The second-order valence-corrected chi connectivity index (χ2v) is 7.83. The topological polar surface area (TPSA) is 71.1 Å². The van der Waals surface area contributed by atoms with Crippen molar-refractivity contribution in [3.05, 3.63) is 70.6 Å². The molecular weight excluding hydrogens is 394 g/mol. The van der Waals surface area contributed by atoms with Gasteiger partial charge < -0.3 is 10.6 Å². The lowest BCUT2D eigenvalue weighted by Gasteiger charge is -2.21. The van der Waals surface area contributed by atoms with Crippen molar-refractivity contribution < 1.29 is 9.59 Å². The maximum Gasteiger partial charge on any atom is 0.253 e. The number of thiazole rings is 1. The van der Waals surface area contributed by atoms with E-state index in [1.54, 1.807) is 24.3 Å². The predicted octanol–water partition coefficient (Wildman–Crippen LogP) is 4.86. The van der Waals surface area contributed by atoms with Gasteiger partial charge in [0.1, 0.15) is 6.04 Å². The zero-order valence-corrected chi connectivity index (χ0v) is 17.1. The Balaban J connectivity index is 1.71. The lowest BCUT2D eigenvalue weighted by atomic mass is 10.0. The van der Waals surface area contributed by atoms with Gasteiger partial charge in [-0.15, -0.1) is 11.3 Å². The number of carbonyl (C=O) groups is 2. The molecule has 1 heterocycles. The Hall–Kier alpha value is -2.70. The van der Waals surface area contributed by atoms with Gasteiger partial charge in [0, 0.05) is 10.9 Å². The smallest absolute Gasteiger partial charge is 0.253 e. The fourth-order valence-corrected chi connectivity index (χ4v) is 3.60. The summed E-state index contributed by atoms with van der Waals surface area (Å²) in [4.78, 5) is 29.8. The van der Waals surface area contributed by atoms with Crippen LogP contribution >= 0.6 is 22.9 Å². The molecular formula is C21H20ClN3O2S. The fraction of sp³-hybridized carbons (Fsp3) is 0.190. The van der Waals surface area contributed by atoms with Crippen LogP contribution in [0.5, 0.6) is 0 Å². The van der Waals surface area contributed by atoms with E-state index in [1.165, 1.54) is 11.3 Å². The Bertz CT molecular complexity index is 973. The normalized spacial score (nSPS) is 11.9. The fourth-order valence-electron chi connectivity index (χ4n) is 2.66. The molecule has 0 saturated carbocycles. The molecule has 144 valence electrons. The third kappa shape index (κ3) is 4.77. The molecule has 3 aromatic rings. The second kappa shape index (κ2) is 8.99. The van der Waals surface area contributed by atoms with E-state index in [9.17, 15) is 9.59 Å². The van der Waals surface area contributed by atoms with Gasteiger partial charge in [0.05, 0.1) is 16.3 Å². The third-order valence-electron chi connectivity index (χ3n) is 4.16. The second-order valence-electron chi connectivity index (χ2n) is 6.57. The number of anilines is 1. The third-order valence-corrected chi connectivity index (χ3v) is 5.25. The first-order valence-corrected chi connectivity index (χ1v) is 10.1. The van der Waals surface area contributed by atoms with E-state index in [0.29, 0.717) is 15.7 Å². The van der Waals surface area contributed by atoms with Crippen LogP contribution < -0.4 is 10.6 Å². The highest BCUT2D eigenvalue weighted by molar-refractivity contribution is 7.14. The number of halogens is 1. The average Bonchev–Trinajstić information content (AvgIpc) is 3.15. The van der Waals surface area contributed by atoms with Crippen LogP contribution in [0.2, 0.25) is 5.02 Å². The van der Waals surface area contributed by atoms with Crippen LogP contribution in [0.15, 0.2) is 60.0 Å². The van der Waals surface area contributed by atoms with Crippen molar-refractivity contribution in [3.8, 4) is 11.3 Å². The Morgan fingerprint density at radius 1 is 1.04 bits per heavy atom. The summed E-state index contributed by atoms with van der Waals surface area (Å²) in [6.07, 6.45) is 0. The molecule has 0 aliphatic heterocycles. The van der Waals surface area contributed by atoms with Crippen LogP contribution in [0, 0.1) is 5.92 Å². The van der Waals surface area contributed by atoms with E-state index in [4.69, 9.17) is 11.6 Å². The number of benzene rings is 2. The molecule has 0 aliphatic carbocycles. The van der Waals surface area contributed by atoms with Crippen molar-refractivity contribution in [2.75, 3.05) is 5.32 Å². The molecule has 0 bridgehead atoms. The summed E-state index contributed by atoms with van der Waals surface area (Å²) in [6.45, 7) is 3.74. The van der Waals surface area contributed by atoms with Crippen molar-refractivity contribution in [2.45, 2.75) is 19.9 Å². The molecule has 0 fully saturated rings. The van der Waals surface area contributed by atoms with Crippen LogP contribution in [0.4, 0.5) is 5.13 Å². The van der Waals surface area contributed by atoms with Crippen LogP contribution in [-0.2, 0) is 4.79 Å². The molecule has 7 heteroatoms. The van der Waals surface area contributed by atoms with E-state index < -0.39 is 6.04 Å². The summed E-state index contributed by atoms with van der Waals surface area (Å²) in [7, 11) is 0. The number of aromatic nitrogens is 1. The highest BCUT2D eigenvalue weighted by atomic mass is 35.5. The van der Waals surface area contributed by atoms with Crippen molar-refractivity contribution in [1.82, 2.24) is 10.3 Å². The van der Waals surface area contributed by atoms with Crippen molar-refractivity contribution in [3.63, 3.8) is 0 Å². The van der Waals surface area contributed by atoms with Crippen molar-refractivity contribution >= 4 is 39.9 Å². The van der Waals surface area contributed by atoms with Gasteiger partial charge in [0.2, 0.25) is 5.91 Å². The zero-order valence-electron chi connectivity index (χ0n) is 15.5. The lowest BCUT2D eigenvalue weighted by Crippen LogP contribution is -2.47. The molecule has 28 heavy (non-hydrogen) atoms. The molecule has 0 aliphatic rings. The Labute approximate surface area is 172 Å². The van der Waals surface area contributed by atoms with Gasteiger partial charge in [-0.05, 0) is 18.1 Å². The number of nitrogens with one attached hydrogen (secondary N) is 2. The number of carbonyl (C=O) groups excluding carboxylic acids is 2. The van der Waals surface area contributed by atoms with Gasteiger partial charge in [-0.3, -0.25) is 9.59 Å². The standard InChI is InChI=1S/C21H20ClN3O2S/c1-13(2)18(24-19(26)15-10-6-7-11-16(15)22)20(27)25-21-23-17(12-28-21)14-8-4-3-5-9-14/h3-13,18H,1-2H3,(H,24,26)(H,23,25,27). The van der Waals surface area contributed by atoms with Crippen molar-refractivity contribution in [2.24, 2.45) is 5.92 Å². The molecule has 2 aromatic carbocycles. The van der Waals surface area contributed by atoms with Crippen LogP contribution in [0.3, 0.4) is 0 Å². The largest absolute Gasteiger partial charge is 0.340 e. The van der Waals surface area contributed by atoms with Gasteiger partial charge in [-0.2, -0.15) is 0 Å². The van der Waals surface area contributed by atoms with Gasteiger partial charge in [-0.1, -0.05) is 67.9 Å². The molecule has 5 nitrogen and oxygen atoms in total. The minimum absolute atomic E-state index is 0.111. The zero-order chi connectivity index (χ0) is 20.1. The molecule has 0 saturated heterocycles. The highest BCUT2D eigenvalue weighted by Crippen LogP contribution is 2.25. The summed E-state index contributed by atoms with van der Waals surface area (Å²) in [5.41, 5.74) is 2.11. The monoisotopic (exact) mass is 413 g/mol. The van der Waals surface area contributed by atoms with Crippen molar-refractivity contribution in [1.29, 1.82) is 0 Å². The summed E-state index contributed by atoms with van der Waals surface area (Å²) in [5.74, 6) is -0.812. The first-order valence-electron chi connectivity index (χ1n) is 8.83. The highest BCUT2D eigenvalue weighted by Gasteiger charge is 2.26. The lowest BCUT2D eigenvalue weighted by molar-refractivity contribution is -0.118. The summed E-state index contributed by atoms with van der Waals surface area (Å²) in [5, 5.41) is 8.30. The molecule has 2 amide bonds. The summed E-state index contributed by atoms with van der Waals surface area (Å²) < 4.78 is 0. The number of amides is 2. The van der Waals surface area contributed by atoms with Gasteiger partial charge in [0.25, 0.3) is 5.91 Å². The predicted molar refractivity (Wildman–Crippen MR) is 114 cm³/mol. The van der Waals surface area contributed by atoms with E-state index in [0.717, 1.165) is 11.3 Å². The molecule has 0 spiro atoms. The molecule has 3 rings (SSSR count). The van der Waals surface area contributed by atoms with Crippen LogP contribution in [-0.4, -0.2) is 22.8 Å². The van der Waals surface area contributed by atoms with Crippen LogP contribution in [0.1, 0.15) is 24.2 Å². The maximum atomic E-state index is 12.8. The summed E-state index contributed by atoms with van der Waals surface area (Å²) in [6, 6.07) is 15.8. The number of rotatable bonds is 6. The van der Waals surface area contributed by atoms with E-state index in [-0.39, 0.29) is 17.7 Å². The number of hydrogen-bond acceptors (Lipinski definition) is 4. The first-order chi connectivity index (χ1) is 13.5. The molecule has 2 N–H and O–H groups in total. The Morgan fingerprint density at radius 3 is 2.39 bits per heavy atom. The number of hydrogen-bond donors (Lipinski definition) is 2. The van der Waals surface area contributed by atoms with E-state index in [1.807, 2.05) is 49.6 Å². The maximum absolute atomic E-state index is 12.8. The minimum atomic E-state index is -0.715. The molecule has 1 atom stereocenters. The minimum Gasteiger partial charge on any atom is -0.340 e. The van der Waals surface area contributed by atoms with Crippen LogP contribution in [0.25, 0.3) is 11.3 Å². The SMILES string of the molecule is CC(C)C(NC(=O)c1ccccc1Cl)C(=O)Nc1nc(-c2ccccc2)cs1. The molecule has 1 unspecified atom stereocenters. The first kappa shape index (κ1) is 20.0. The van der Waals surface area contributed by atoms with Gasteiger partial charge in [-0.25, -0.2) is 4.98 Å². The quantitative estimate of drug-likeness (QED) is 0.606. The number of nitrogens with zero attached hydrogens (tertiary/aromatic N) is 1. The molecule has 0 radical (unpaired) electrons.